The predicted molar refractivity (Wildman–Crippen MR) is 111 cm³/mol. The van der Waals surface area contributed by atoms with E-state index in [0.29, 0.717) is 25.1 Å². The molecule has 0 spiro atoms. The molecule has 0 aliphatic heterocycles. The molecule has 3 aromatic carbocycles. The summed E-state index contributed by atoms with van der Waals surface area (Å²) in [5.41, 5.74) is 1.72. The van der Waals surface area contributed by atoms with Crippen molar-refractivity contribution >= 4 is 23.7 Å². The highest BCUT2D eigenvalue weighted by molar-refractivity contribution is 7.62. The van der Waals surface area contributed by atoms with Gasteiger partial charge in [-0.05, 0) is 43.7 Å². The highest BCUT2D eigenvalue weighted by atomic mass is 31.2. The van der Waals surface area contributed by atoms with Gasteiger partial charge in [-0.1, -0.05) is 48.5 Å². The molecular formula is C22H25O4P. The Hall–Kier alpha value is -2.13. The maximum Gasteiger partial charge on any atom is 0.361 e. The van der Waals surface area contributed by atoms with Crippen molar-refractivity contribution in [3.63, 3.8) is 0 Å². The second kappa shape index (κ2) is 8.71. The summed E-state index contributed by atoms with van der Waals surface area (Å²) in [5.74, 6) is 0.747. The summed E-state index contributed by atoms with van der Waals surface area (Å²) in [6.45, 7) is 6.74. The van der Waals surface area contributed by atoms with E-state index in [2.05, 4.69) is 0 Å². The van der Waals surface area contributed by atoms with Gasteiger partial charge < -0.3 is 13.8 Å². The fourth-order valence-electron chi connectivity index (χ4n) is 3.24. The number of para-hydroxylation sites is 1. The maximum absolute atomic E-state index is 13.6. The van der Waals surface area contributed by atoms with E-state index in [1.165, 1.54) is 0 Å². The summed E-state index contributed by atoms with van der Waals surface area (Å²) in [4.78, 5) is 0. The zero-order chi connectivity index (χ0) is 19.3. The van der Waals surface area contributed by atoms with Crippen molar-refractivity contribution in [3.05, 3.63) is 60.7 Å². The summed E-state index contributed by atoms with van der Waals surface area (Å²) in [5, 5.41) is 2.61. The van der Waals surface area contributed by atoms with Crippen LogP contribution in [0.3, 0.4) is 0 Å². The van der Waals surface area contributed by atoms with Crippen LogP contribution in [0.5, 0.6) is 5.75 Å². The molecule has 0 atom stereocenters. The minimum atomic E-state index is -3.47. The summed E-state index contributed by atoms with van der Waals surface area (Å²) < 4.78 is 30.8. The van der Waals surface area contributed by atoms with Crippen LogP contribution in [-0.4, -0.2) is 19.8 Å². The van der Waals surface area contributed by atoms with E-state index >= 15 is 0 Å². The monoisotopic (exact) mass is 384 g/mol. The number of benzene rings is 3. The lowest BCUT2D eigenvalue weighted by Gasteiger charge is -2.22. The Bertz CT molecular complexity index is 957. The SMILES string of the molecule is CCOc1ccccc1-c1c(P(=O)(OCC)OCC)ccc2ccccc12. The first-order valence-electron chi connectivity index (χ1n) is 9.28. The van der Waals surface area contributed by atoms with Gasteiger partial charge in [0.1, 0.15) is 5.75 Å². The van der Waals surface area contributed by atoms with Gasteiger partial charge in [0.05, 0.1) is 25.1 Å². The quantitative estimate of drug-likeness (QED) is 0.461. The second-order valence-corrected chi connectivity index (χ2v) is 7.94. The van der Waals surface area contributed by atoms with Crippen LogP contribution in [0.2, 0.25) is 0 Å². The van der Waals surface area contributed by atoms with E-state index in [1.807, 2.05) is 81.4 Å². The lowest BCUT2D eigenvalue weighted by Crippen LogP contribution is -2.14. The summed E-state index contributed by atoms with van der Waals surface area (Å²) >= 11 is 0. The molecule has 0 unspecified atom stereocenters. The summed E-state index contributed by atoms with van der Waals surface area (Å²) in [7, 11) is -3.47. The van der Waals surface area contributed by atoms with Crippen LogP contribution in [0.1, 0.15) is 20.8 Å². The van der Waals surface area contributed by atoms with Gasteiger partial charge in [-0.15, -0.1) is 0 Å². The summed E-state index contributed by atoms with van der Waals surface area (Å²) in [6.07, 6.45) is 0. The smallest absolute Gasteiger partial charge is 0.361 e. The van der Waals surface area contributed by atoms with Crippen molar-refractivity contribution in [2.75, 3.05) is 19.8 Å². The third-order valence-corrected chi connectivity index (χ3v) is 6.42. The number of rotatable bonds is 8. The molecule has 3 aromatic rings. The molecule has 4 nitrogen and oxygen atoms in total. The van der Waals surface area contributed by atoms with Gasteiger partial charge in [0.15, 0.2) is 0 Å². The largest absolute Gasteiger partial charge is 0.493 e. The minimum Gasteiger partial charge on any atom is -0.493 e. The fraction of sp³-hybridized carbons (Fsp3) is 0.273. The Balaban J connectivity index is 2.37. The Morgan fingerprint density at radius 3 is 2.15 bits per heavy atom. The molecule has 0 aliphatic rings. The Labute approximate surface area is 160 Å². The first-order chi connectivity index (χ1) is 13.1. The number of hydrogen-bond donors (Lipinski definition) is 0. The predicted octanol–water partition coefficient (Wildman–Crippen LogP) is 5.80. The summed E-state index contributed by atoms with van der Waals surface area (Å²) in [6, 6.07) is 19.6. The van der Waals surface area contributed by atoms with E-state index < -0.39 is 7.60 Å². The normalized spacial score (nSPS) is 11.7. The molecule has 0 aromatic heterocycles. The van der Waals surface area contributed by atoms with Crippen molar-refractivity contribution in [2.24, 2.45) is 0 Å². The van der Waals surface area contributed by atoms with Crippen LogP contribution < -0.4 is 10.0 Å². The van der Waals surface area contributed by atoms with Gasteiger partial charge in [0.25, 0.3) is 0 Å². The molecule has 0 heterocycles. The zero-order valence-corrected chi connectivity index (χ0v) is 16.9. The van der Waals surface area contributed by atoms with Crippen LogP contribution >= 0.6 is 7.60 Å². The van der Waals surface area contributed by atoms with Crippen LogP contribution in [0.4, 0.5) is 0 Å². The zero-order valence-electron chi connectivity index (χ0n) is 16.0. The van der Waals surface area contributed by atoms with Gasteiger partial charge in [-0.25, -0.2) is 0 Å². The molecule has 0 amide bonds. The van der Waals surface area contributed by atoms with Crippen molar-refractivity contribution < 1.29 is 18.3 Å². The molecule has 0 saturated carbocycles. The van der Waals surface area contributed by atoms with Crippen LogP contribution in [0, 0.1) is 0 Å². The minimum absolute atomic E-state index is 0.302. The van der Waals surface area contributed by atoms with Crippen LogP contribution in [-0.2, 0) is 13.6 Å². The van der Waals surface area contributed by atoms with Gasteiger partial charge in [-0.2, -0.15) is 0 Å². The Kier molecular flexibility index (Phi) is 6.33. The van der Waals surface area contributed by atoms with E-state index in [-0.39, 0.29) is 0 Å². The second-order valence-electron chi connectivity index (χ2n) is 5.94. The first kappa shape index (κ1) is 19.6. The molecule has 3 rings (SSSR count). The van der Waals surface area contributed by atoms with Gasteiger partial charge >= 0.3 is 7.60 Å². The molecule has 0 bridgehead atoms. The first-order valence-corrected chi connectivity index (χ1v) is 10.8. The average molecular weight is 384 g/mol. The highest BCUT2D eigenvalue weighted by Crippen LogP contribution is 2.51. The number of ether oxygens (including phenoxy) is 1. The average Bonchev–Trinajstić information content (AvgIpc) is 2.68. The third kappa shape index (κ3) is 3.93. The van der Waals surface area contributed by atoms with Crippen molar-refractivity contribution in [1.82, 2.24) is 0 Å². The maximum atomic E-state index is 13.6. The van der Waals surface area contributed by atoms with Crippen molar-refractivity contribution in [2.45, 2.75) is 20.8 Å². The number of hydrogen-bond acceptors (Lipinski definition) is 4. The topological polar surface area (TPSA) is 44.8 Å². The van der Waals surface area contributed by atoms with Crippen molar-refractivity contribution in [1.29, 1.82) is 0 Å². The van der Waals surface area contributed by atoms with E-state index in [1.54, 1.807) is 0 Å². The van der Waals surface area contributed by atoms with Crippen molar-refractivity contribution in [3.8, 4) is 16.9 Å². The number of fused-ring (bicyclic) bond motifs is 1. The van der Waals surface area contributed by atoms with Crippen LogP contribution in [0.25, 0.3) is 21.9 Å². The van der Waals surface area contributed by atoms with E-state index in [4.69, 9.17) is 13.8 Å². The lowest BCUT2D eigenvalue weighted by atomic mass is 9.97. The lowest BCUT2D eigenvalue weighted by molar-refractivity contribution is 0.230. The van der Waals surface area contributed by atoms with Crippen LogP contribution in [0.15, 0.2) is 60.7 Å². The van der Waals surface area contributed by atoms with E-state index in [9.17, 15) is 4.57 Å². The molecule has 142 valence electrons. The standard InChI is InChI=1S/C22H25O4P/c1-4-24-20-14-10-9-13-19(20)22-18-12-8-7-11-17(18)15-16-21(22)27(23,25-5-2)26-6-3/h7-16H,4-6H2,1-3H3. The van der Waals surface area contributed by atoms with Gasteiger partial charge in [-0.3, -0.25) is 4.57 Å². The Morgan fingerprint density at radius 2 is 1.44 bits per heavy atom. The van der Waals surface area contributed by atoms with E-state index in [0.717, 1.165) is 27.6 Å². The highest BCUT2D eigenvalue weighted by Gasteiger charge is 2.31. The molecule has 0 N–H and O–H groups in total. The fourth-order valence-corrected chi connectivity index (χ4v) is 5.05. The molecule has 5 heteroatoms. The molecule has 0 aliphatic carbocycles. The Morgan fingerprint density at radius 1 is 0.778 bits per heavy atom. The molecule has 0 radical (unpaired) electrons. The molecule has 27 heavy (non-hydrogen) atoms. The van der Waals surface area contributed by atoms with Gasteiger partial charge in [0.2, 0.25) is 0 Å². The molecular weight excluding hydrogens is 359 g/mol. The molecule has 0 saturated heterocycles. The molecule has 0 fully saturated rings. The van der Waals surface area contributed by atoms with Gasteiger partial charge in [0, 0.05) is 11.1 Å². The third-order valence-electron chi connectivity index (χ3n) is 4.26.